The molecule has 0 fully saturated rings. The Hall–Kier alpha value is -2.62. The van der Waals surface area contributed by atoms with Crippen molar-refractivity contribution in [3.63, 3.8) is 0 Å². The number of phenols is 1. The molecule has 100 valence electrons. The van der Waals surface area contributed by atoms with Gasteiger partial charge in [0.15, 0.2) is 0 Å². The summed E-state index contributed by atoms with van der Waals surface area (Å²) in [4.78, 5) is 18.4. The number of hydrogen-bond acceptors (Lipinski definition) is 3. The lowest BCUT2D eigenvalue weighted by atomic mass is 9.97. The van der Waals surface area contributed by atoms with Crippen molar-refractivity contribution in [2.45, 2.75) is 13.3 Å². The van der Waals surface area contributed by atoms with Gasteiger partial charge >= 0.3 is 0 Å². The number of aryl methyl sites for hydroxylation is 1. The summed E-state index contributed by atoms with van der Waals surface area (Å²) in [6.45, 7) is 2.08. The van der Waals surface area contributed by atoms with E-state index in [-0.39, 0.29) is 11.3 Å². The predicted octanol–water partition coefficient (Wildman–Crippen LogP) is 2.86. The molecule has 4 nitrogen and oxygen atoms in total. The van der Waals surface area contributed by atoms with E-state index in [1.165, 1.54) is 11.9 Å². The second-order valence-corrected chi connectivity index (χ2v) is 4.63. The molecule has 0 unspecified atom stereocenters. The van der Waals surface area contributed by atoms with Crippen molar-refractivity contribution in [2.75, 3.05) is 0 Å². The molecule has 1 heterocycles. The van der Waals surface area contributed by atoms with Gasteiger partial charge in [-0.25, -0.2) is 4.98 Å². The van der Waals surface area contributed by atoms with Gasteiger partial charge in [-0.2, -0.15) is 0 Å². The number of aromatic nitrogens is 2. The van der Waals surface area contributed by atoms with Crippen molar-refractivity contribution in [3.8, 4) is 16.9 Å². The molecule has 0 aliphatic carbocycles. The molecule has 0 saturated heterocycles. The molecular weight excluding hydrogens is 252 g/mol. The van der Waals surface area contributed by atoms with Crippen molar-refractivity contribution in [1.82, 2.24) is 9.97 Å². The molecule has 0 atom stereocenters. The molecule has 0 radical (unpaired) electrons. The number of nitrogens with zero attached hydrogens (tertiary/aromatic N) is 1. The van der Waals surface area contributed by atoms with Crippen LogP contribution in [0.1, 0.15) is 12.5 Å². The second-order valence-electron chi connectivity index (χ2n) is 4.63. The number of phenolic OH excluding ortho intramolecular Hbond substituents is 1. The summed E-state index contributed by atoms with van der Waals surface area (Å²) in [6, 6.07) is 11.4. The maximum Gasteiger partial charge on any atom is 0.258 e. The zero-order valence-electron chi connectivity index (χ0n) is 11.1. The lowest BCUT2D eigenvalue weighted by Gasteiger charge is -2.09. The fourth-order valence-corrected chi connectivity index (χ4v) is 2.43. The highest BCUT2D eigenvalue weighted by atomic mass is 16.3. The van der Waals surface area contributed by atoms with Crippen LogP contribution in [0.5, 0.6) is 5.75 Å². The van der Waals surface area contributed by atoms with E-state index in [0.29, 0.717) is 10.9 Å². The number of aromatic hydroxyl groups is 1. The molecular formula is C16H14N2O2. The third-order valence-electron chi connectivity index (χ3n) is 3.43. The molecule has 20 heavy (non-hydrogen) atoms. The summed E-state index contributed by atoms with van der Waals surface area (Å²) in [6.07, 6.45) is 2.18. The number of H-pyrrole nitrogens is 1. The molecule has 3 aromatic rings. The van der Waals surface area contributed by atoms with Crippen LogP contribution in [0.15, 0.2) is 47.5 Å². The Morgan fingerprint density at radius 1 is 1.25 bits per heavy atom. The number of nitrogens with one attached hydrogen (secondary N) is 1. The molecule has 0 aliphatic rings. The SMILES string of the molecule is CCc1ccccc1-c1cc(O)c2nc[nH]c(=O)c2c1. The standard InChI is InChI=1S/C16H14N2O2/c1-2-10-5-3-4-6-12(10)11-7-13-15(14(19)8-11)17-9-18-16(13)20/h3-9,19H,2H2,1H3,(H,17,18,20). The number of benzene rings is 2. The Bertz CT molecular complexity index is 837. The van der Waals surface area contributed by atoms with Crippen LogP contribution in [-0.4, -0.2) is 15.1 Å². The maximum atomic E-state index is 11.9. The van der Waals surface area contributed by atoms with E-state index < -0.39 is 0 Å². The van der Waals surface area contributed by atoms with Crippen molar-refractivity contribution in [3.05, 3.63) is 58.6 Å². The van der Waals surface area contributed by atoms with E-state index >= 15 is 0 Å². The molecule has 0 saturated carbocycles. The molecule has 2 N–H and O–H groups in total. The van der Waals surface area contributed by atoms with Crippen LogP contribution >= 0.6 is 0 Å². The Balaban J connectivity index is 2.33. The molecule has 3 rings (SSSR count). The van der Waals surface area contributed by atoms with Gasteiger partial charge in [0, 0.05) is 0 Å². The Morgan fingerprint density at radius 3 is 2.85 bits per heavy atom. The average molecular weight is 266 g/mol. The first-order valence-corrected chi connectivity index (χ1v) is 6.49. The fourth-order valence-electron chi connectivity index (χ4n) is 2.43. The highest BCUT2D eigenvalue weighted by molar-refractivity contribution is 5.89. The van der Waals surface area contributed by atoms with E-state index in [1.807, 2.05) is 24.3 Å². The topological polar surface area (TPSA) is 66.0 Å². The first-order valence-electron chi connectivity index (χ1n) is 6.49. The Kier molecular flexibility index (Phi) is 2.99. The summed E-state index contributed by atoms with van der Waals surface area (Å²) in [5.41, 5.74) is 3.10. The molecule has 0 spiro atoms. The summed E-state index contributed by atoms with van der Waals surface area (Å²) in [7, 11) is 0. The summed E-state index contributed by atoms with van der Waals surface area (Å²) < 4.78 is 0. The number of fused-ring (bicyclic) bond motifs is 1. The second kappa shape index (κ2) is 4.81. The average Bonchev–Trinajstić information content (AvgIpc) is 2.48. The minimum atomic E-state index is -0.249. The minimum absolute atomic E-state index is 0.0227. The monoisotopic (exact) mass is 266 g/mol. The van der Waals surface area contributed by atoms with Crippen molar-refractivity contribution in [1.29, 1.82) is 0 Å². The van der Waals surface area contributed by atoms with Crippen LogP contribution in [0.25, 0.3) is 22.0 Å². The minimum Gasteiger partial charge on any atom is -0.506 e. The Labute approximate surface area is 115 Å². The summed E-state index contributed by atoms with van der Waals surface area (Å²) >= 11 is 0. The zero-order chi connectivity index (χ0) is 14.1. The number of rotatable bonds is 2. The normalized spacial score (nSPS) is 10.8. The van der Waals surface area contributed by atoms with E-state index in [4.69, 9.17) is 0 Å². The summed E-state index contributed by atoms with van der Waals surface area (Å²) in [5, 5.41) is 10.5. The third kappa shape index (κ3) is 1.95. The van der Waals surface area contributed by atoms with Crippen LogP contribution in [0.4, 0.5) is 0 Å². The lowest BCUT2D eigenvalue weighted by molar-refractivity contribution is 0.480. The molecule has 1 aromatic heterocycles. The zero-order valence-corrected chi connectivity index (χ0v) is 11.1. The van der Waals surface area contributed by atoms with Gasteiger partial charge in [-0.05, 0) is 35.2 Å². The first kappa shape index (κ1) is 12.4. The predicted molar refractivity (Wildman–Crippen MR) is 78.8 cm³/mol. The van der Waals surface area contributed by atoms with Gasteiger partial charge in [0.1, 0.15) is 11.3 Å². The van der Waals surface area contributed by atoms with E-state index in [1.54, 1.807) is 12.1 Å². The molecule has 4 heteroatoms. The van der Waals surface area contributed by atoms with Gasteiger partial charge in [-0.1, -0.05) is 31.2 Å². The summed E-state index contributed by atoms with van der Waals surface area (Å²) in [5.74, 6) is 0.0227. The maximum absolute atomic E-state index is 11.9. The van der Waals surface area contributed by atoms with Gasteiger partial charge < -0.3 is 10.1 Å². The van der Waals surface area contributed by atoms with Crippen molar-refractivity contribution < 1.29 is 5.11 Å². The molecule has 0 amide bonds. The van der Waals surface area contributed by atoms with E-state index in [2.05, 4.69) is 16.9 Å². The van der Waals surface area contributed by atoms with Gasteiger partial charge in [0.25, 0.3) is 5.56 Å². The highest BCUT2D eigenvalue weighted by Gasteiger charge is 2.10. The molecule has 2 aromatic carbocycles. The number of hydrogen-bond donors (Lipinski definition) is 2. The Morgan fingerprint density at radius 2 is 2.05 bits per heavy atom. The first-order chi connectivity index (χ1) is 9.70. The molecule has 0 bridgehead atoms. The van der Waals surface area contributed by atoms with Crippen molar-refractivity contribution in [2.24, 2.45) is 0 Å². The third-order valence-corrected chi connectivity index (χ3v) is 3.43. The van der Waals surface area contributed by atoms with Crippen molar-refractivity contribution >= 4 is 10.9 Å². The van der Waals surface area contributed by atoms with E-state index in [9.17, 15) is 9.90 Å². The lowest BCUT2D eigenvalue weighted by Crippen LogP contribution is -2.06. The van der Waals surface area contributed by atoms with E-state index in [0.717, 1.165) is 17.5 Å². The largest absolute Gasteiger partial charge is 0.506 e. The van der Waals surface area contributed by atoms with Gasteiger partial charge in [0.2, 0.25) is 0 Å². The smallest absolute Gasteiger partial charge is 0.258 e. The molecule has 0 aliphatic heterocycles. The van der Waals surface area contributed by atoms with Crippen LogP contribution in [0, 0.1) is 0 Å². The van der Waals surface area contributed by atoms with Crippen LogP contribution in [-0.2, 0) is 6.42 Å². The highest BCUT2D eigenvalue weighted by Crippen LogP contribution is 2.31. The number of aromatic amines is 1. The quantitative estimate of drug-likeness (QED) is 0.749. The van der Waals surface area contributed by atoms with Crippen LogP contribution in [0.3, 0.4) is 0 Å². The van der Waals surface area contributed by atoms with Gasteiger partial charge in [-0.15, -0.1) is 0 Å². The van der Waals surface area contributed by atoms with Crippen LogP contribution < -0.4 is 5.56 Å². The fraction of sp³-hybridized carbons (Fsp3) is 0.125. The van der Waals surface area contributed by atoms with Gasteiger partial charge in [-0.3, -0.25) is 4.79 Å². The van der Waals surface area contributed by atoms with Crippen LogP contribution in [0.2, 0.25) is 0 Å². The van der Waals surface area contributed by atoms with Gasteiger partial charge in [0.05, 0.1) is 11.7 Å².